The third-order valence-electron chi connectivity index (χ3n) is 10.7. The molecule has 8 aromatic rings. The predicted molar refractivity (Wildman–Crippen MR) is 319 cm³/mol. The molecule has 76 heavy (non-hydrogen) atoms. The number of benzene rings is 2. The van der Waals surface area contributed by atoms with Gasteiger partial charge in [-0.15, -0.1) is 0 Å². The molecular formula is C64H83N9O3. The van der Waals surface area contributed by atoms with Crippen LogP contribution < -0.4 is 9.64 Å². The highest BCUT2D eigenvalue weighted by Gasteiger charge is 2.05. The highest BCUT2D eigenvalue weighted by atomic mass is 16.6. The number of hydrogen-bond donors (Lipinski definition) is 0. The molecule has 0 radical (unpaired) electrons. The van der Waals surface area contributed by atoms with Crippen molar-refractivity contribution in [3.63, 3.8) is 0 Å². The number of nitrogens with zero attached hydrogens (tertiary/aromatic N) is 9. The number of aryl methyl sites for hydroxylation is 7. The molecule has 402 valence electrons. The van der Waals surface area contributed by atoms with Crippen molar-refractivity contribution in [3.05, 3.63) is 257 Å². The summed E-state index contributed by atoms with van der Waals surface area (Å²) in [6.45, 7) is 20.6. The summed E-state index contributed by atoms with van der Waals surface area (Å²) >= 11 is 0. The van der Waals surface area contributed by atoms with Crippen LogP contribution in [0.1, 0.15) is 93.6 Å². The van der Waals surface area contributed by atoms with Gasteiger partial charge in [-0.05, 0) is 185 Å². The second-order valence-electron chi connectivity index (χ2n) is 16.5. The number of non-ortho nitro benzene ring substituents is 1. The lowest BCUT2D eigenvalue weighted by Gasteiger charge is -2.15. The molecule has 0 N–H and O–H groups in total. The summed E-state index contributed by atoms with van der Waals surface area (Å²) in [4.78, 5) is 39.9. The van der Waals surface area contributed by atoms with E-state index in [2.05, 4.69) is 99.9 Å². The summed E-state index contributed by atoms with van der Waals surface area (Å²) in [5.74, 6) is 0.928. The molecule has 0 bridgehead atoms. The maximum Gasteiger partial charge on any atom is 0.269 e. The summed E-state index contributed by atoms with van der Waals surface area (Å²) in [6.07, 6.45) is 28.9. The van der Waals surface area contributed by atoms with Gasteiger partial charge in [0.1, 0.15) is 5.75 Å². The Morgan fingerprint density at radius 2 is 1.12 bits per heavy atom. The SMILES string of the molecule is CCC1=NCCC=C1.CCN(C)c1ccc([N+](=O)[O-])cc1.CCc1ccc(OC)cc1.CCc1ccccn1.CCc1cccnc1.CCc1ccncc1.Cc1ccccn1.Cc1cccnc1.Cc1ccncc1. The lowest BCUT2D eigenvalue weighted by atomic mass is 10.2. The number of nitro benzene ring substituents is 1. The minimum Gasteiger partial charge on any atom is -0.497 e. The van der Waals surface area contributed by atoms with Gasteiger partial charge in [-0.2, -0.15) is 0 Å². The number of allylic oxidation sites excluding steroid dienone is 1. The number of methoxy groups -OCH3 is 1. The van der Waals surface area contributed by atoms with E-state index in [4.69, 9.17) is 4.74 Å². The molecule has 0 spiro atoms. The summed E-state index contributed by atoms with van der Waals surface area (Å²) < 4.78 is 5.01. The van der Waals surface area contributed by atoms with Gasteiger partial charge in [-0.1, -0.05) is 77.1 Å². The van der Waals surface area contributed by atoms with Crippen LogP contribution in [0.5, 0.6) is 5.75 Å². The lowest BCUT2D eigenvalue weighted by Crippen LogP contribution is -2.15. The molecule has 0 aliphatic carbocycles. The highest BCUT2D eigenvalue weighted by Crippen LogP contribution is 2.18. The second kappa shape index (κ2) is 44.3. The van der Waals surface area contributed by atoms with Gasteiger partial charge in [-0.25, -0.2) is 0 Å². The minimum absolute atomic E-state index is 0.133. The molecule has 9 rings (SSSR count). The van der Waals surface area contributed by atoms with Crippen molar-refractivity contribution in [3.8, 4) is 5.75 Å². The number of anilines is 1. The van der Waals surface area contributed by atoms with Crippen molar-refractivity contribution in [2.24, 2.45) is 4.99 Å². The Hall–Kier alpha value is -8.25. The number of dihydropyridines is 1. The zero-order chi connectivity index (χ0) is 55.9. The predicted octanol–water partition coefficient (Wildman–Crippen LogP) is 15.2. The Bertz CT molecular complexity index is 2420. The third-order valence-corrected chi connectivity index (χ3v) is 10.7. The van der Waals surface area contributed by atoms with Crippen LogP contribution in [0.3, 0.4) is 0 Å². The molecule has 0 unspecified atom stereocenters. The molecule has 12 heteroatoms. The van der Waals surface area contributed by atoms with Gasteiger partial charge in [0.2, 0.25) is 0 Å². The smallest absolute Gasteiger partial charge is 0.269 e. The number of aliphatic imine (C=N–C) groups is 1. The van der Waals surface area contributed by atoms with Gasteiger partial charge >= 0.3 is 0 Å². The monoisotopic (exact) mass is 1030 g/mol. The summed E-state index contributed by atoms with van der Waals surface area (Å²) in [6, 6.07) is 42.5. The molecule has 1 aliphatic rings. The van der Waals surface area contributed by atoms with Crippen molar-refractivity contribution in [1.29, 1.82) is 0 Å². The fraction of sp³-hybridized carbons (Fsp3) is 0.297. The molecule has 2 aromatic carbocycles. The van der Waals surface area contributed by atoms with Crippen molar-refractivity contribution in [2.45, 2.75) is 101 Å². The second-order valence-corrected chi connectivity index (χ2v) is 16.5. The minimum atomic E-state index is -0.393. The Kier molecular flexibility index (Phi) is 38.3. The van der Waals surface area contributed by atoms with Crippen molar-refractivity contribution in [1.82, 2.24) is 29.9 Å². The van der Waals surface area contributed by atoms with E-state index in [1.54, 1.807) is 50.2 Å². The normalized spacial score (nSPS) is 10.1. The van der Waals surface area contributed by atoms with Crippen LogP contribution in [-0.2, 0) is 25.7 Å². The topological polar surface area (TPSA) is 145 Å². The van der Waals surface area contributed by atoms with Gasteiger partial charge in [-0.3, -0.25) is 45.0 Å². The molecule has 1 aliphatic heterocycles. The number of pyridine rings is 6. The Balaban J connectivity index is 0.000000430. The van der Waals surface area contributed by atoms with Crippen molar-refractivity contribution < 1.29 is 9.66 Å². The standard InChI is InChI=1S/C9H12N2O2.C9H12O.2C7H9N.C7H11N.C7H9N.3C6H7N/c1-3-10(2)8-4-6-9(7-5-8)11(12)13;1-3-8-4-6-9(10-2)7-5-8;1-2-7-3-5-8-6-4-7;1-2-7-4-3-5-8-6-7;2*1-2-7-5-3-4-6-8-7;1-6-2-4-7-5-3-6;1-6-3-2-4-7-5-6;1-6-4-2-3-5-7-6/h4-7H,3H2,1-2H3;4-7H,3H2,1-2H3;2*3-6H,2H2,1H3;3,5H,2,4,6H2,1H3;3-6H,2H2,1H3;3*2-5H,1H3. The highest BCUT2D eigenvalue weighted by molar-refractivity contribution is 5.95. The fourth-order valence-electron chi connectivity index (χ4n) is 5.81. The van der Waals surface area contributed by atoms with Gasteiger partial charge < -0.3 is 9.64 Å². The zero-order valence-corrected chi connectivity index (χ0v) is 47.0. The van der Waals surface area contributed by atoms with E-state index in [1.807, 2.05) is 162 Å². The largest absolute Gasteiger partial charge is 0.497 e. The van der Waals surface area contributed by atoms with E-state index in [-0.39, 0.29) is 5.69 Å². The van der Waals surface area contributed by atoms with Crippen molar-refractivity contribution >= 4 is 17.1 Å². The van der Waals surface area contributed by atoms with Crippen LogP contribution in [0.2, 0.25) is 0 Å². The maximum absolute atomic E-state index is 10.3. The zero-order valence-electron chi connectivity index (χ0n) is 47.0. The maximum atomic E-state index is 10.3. The number of hydrogen-bond acceptors (Lipinski definition) is 11. The number of nitro groups is 1. The molecule has 6 aromatic heterocycles. The number of rotatable bonds is 9. The quantitative estimate of drug-likeness (QED) is 0.101. The first-order valence-corrected chi connectivity index (χ1v) is 26.0. The van der Waals surface area contributed by atoms with E-state index in [0.29, 0.717) is 0 Å². The van der Waals surface area contributed by atoms with Crippen LogP contribution in [0.15, 0.2) is 213 Å². The molecular weight excluding hydrogens is 943 g/mol. The van der Waals surface area contributed by atoms with E-state index in [0.717, 1.165) is 74.4 Å². The number of ether oxygens (including phenoxy) is 1. The van der Waals surface area contributed by atoms with Gasteiger partial charge in [0.15, 0.2) is 0 Å². The Morgan fingerprint density at radius 1 is 0.539 bits per heavy atom. The van der Waals surface area contributed by atoms with E-state index in [9.17, 15) is 10.1 Å². The molecule has 12 nitrogen and oxygen atoms in total. The number of aromatic nitrogens is 6. The van der Waals surface area contributed by atoms with Crippen LogP contribution >= 0.6 is 0 Å². The average Bonchev–Trinajstić information content (AvgIpc) is 3.49. The first kappa shape index (κ1) is 65.8. The van der Waals surface area contributed by atoms with Crippen LogP contribution in [-0.4, -0.2) is 67.8 Å². The van der Waals surface area contributed by atoms with Crippen LogP contribution in [0, 0.1) is 30.9 Å². The lowest BCUT2D eigenvalue weighted by molar-refractivity contribution is -0.384. The molecule has 0 saturated carbocycles. The molecule has 0 saturated heterocycles. The van der Waals surface area contributed by atoms with Crippen LogP contribution in [0.4, 0.5) is 11.4 Å². The summed E-state index contributed by atoms with van der Waals surface area (Å²) in [5.41, 5.74) is 11.1. The van der Waals surface area contributed by atoms with E-state index >= 15 is 0 Å². The van der Waals surface area contributed by atoms with E-state index < -0.39 is 4.92 Å². The fourth-order valence-corrected chi connectivity index (χ4v) is 5.81. The Labute approximate surface area is 455 Å². The average molecular weight is 1030 g/mol. The van der Waals surface area contributed by atoms with Crippen LogP contribution in [0.25, 0.3) is 0 Å². The summed E-state index contributed by atoms with van der Waals surface area (Å²) in [5, 5.41) is 10.3. The first-order valence-electron chi connectivity index (χ1n) is 26.0. The molecule has 7 heterocycles. The molecule has 0 amide bonds. The third kappa shape index (κ3) is 34.2. The first-order chi connectivity index (χ1) is 36.9. The molecule has 0 atom stereocenters. The van der Waals surface area contributed by atoms with Gasteiger partial charge in [0.05, 0.1) is 12.0 Å². The Morgan fingerprint density at radius 3 is 1.43 bits per heavy atom. The van der Waals surface area contributed by atoms with Gasteiger partial charge in [0, 0.05) is 117 Å². The molecule has 0 fully saturated rings. The summed E-state index contributed by atoms with van der Waals surface area (Å²) in [7, 11) is 3.63. The van der Waals surface area contributed by atoms with E-state index in [1.165, 1.54) is 45.7 Å². The van der Waals surface area contributed by atoms with Crippen molar-refractivity contribution in [2.75, 3.05) is 32.1 Å². The van der Waals surface area contributed by atoms with Gasteiger partial charge in [0.25, 0.3) is 5.69 Å².